The summed E-state index contributed by atoms with van der Waals surface area (Å²) in [5.74, 6) is -0.999. The zero-order chi connectivity index (χ0) is 18.9. The SMILES string of the molecule is COc1ccc(C(=O)O[C@H](C)C(=O)NC2CC2)cc1S(=O)(=O)NC1CC1. The van der Waals surface area contributed by atoms with Crippen molar-refractivity contribution in [3.8, 4) is 5.75 Å². The van der Waals surface area contributed by atoms with E-state index in [4.69, 9.17) is 9.47 Å². The van der Waals surface area contributed by atoms with Gasteiger partial charge in [0.15, 0.2) is 6.10 Å². The molecule has 0 heterocycles. The Balaban J connectivity index is 1.75. The largest absolute Gasteiger partial charge is 0.495 e. The van der Waals surface area contributed by atoms with E-state index in [2.05, 4.69) is 10.0 Å². The van der Waals surface area contributed by atoms with E-state index in [1.54, 1.807) is 0 Å². The van der Waals surface area contributed by atoms with Crippen molar-refractivity contribution >= 4 is 21.9 Å². The number of methoxy groups -OCH3 is 1. The fourth-order valence-corrected chi connectivity index (χ4v) is 3.83. The van der Waals surface area contributed by atoms with Crippen molar-refractivity contribution in [2.24, 2.45) is 0 Å². The molecule has 1 amide bonds. The Kier molecular flexibility index (Phi) is 5.19. The van der Waals surface area contributed by atoms with E-state index in [0.29, 0.717) is 0 Å². The standard InChI is InChI=1S/C17H22N2O6S/c1-10(16(20)18-12-4-5-12)25-17(21)11-3-8-14(24-2)15(9-11)26(22,23)19-13-6-7-13/h3,8-10,12-13,19H,4-7H2,1-2H3,(H,18,20)/t10-/m1/s1. The van der Waals surface area contributed by atoms with Crippen LogP contribution in [0, 0.1) is 0 Å². The number of ether oxygens (including phenoxy) is 2. The molecule has 2 aliphatic carbocycles. The first-order valence-corrected chi connectivity index (χ1v) is 10.00. The summed E-state index contributed by atoms with van der Waals surface area (Å²) in [5.41, 5.74) is 0.0352. The van der Waals surface area contributed by atoms with Crippen LogP contribution in [0.1, 0.15) is 43.0 Å². The van der Waals surface area contributed by atoms with Crippen molar-refractivity contribution in [3.63, 3.8) is 0 Å². The molecule has 2 fully saturated rings. The summed E-state index contributed by atoms with van der Waals surface area (Å²) in [7, 11) is -2.46. The minimum absolute atomic E-state index is 0.0352. The molecular weight excluding hydrogens is 360 g/mol. The molecule has 1 aromatic carbocycles. The molecule has 26 heavy (non-hydrogen) atoms. The average molecular weight is 382 g/mol. The van der Waals surface area contributed by atoms with Gasteiger partial charge in [0.05, 0.1) is 12.7 Å². The van der Waals surface area contributed by atoms with Gasteiger partial charge in [-0.3, -0.25) is 4.79 Å². The van der Waals surface area contributed by atoms with Crippen molar-refractivity contribution in [3.05, 3.63) is 23.8 Å². The Morgan fingerprint density at radius 3 is 2.38 bits per heavy atom. The lowest BCUT2D eigenvalue weighted by atomic mass is 10.2. The van der Waals surface area contributed by atoms with Crippen LogP contribution in [0.5, 0.6) is 5.75 Å². The molecule has 142 valence electrons. The number of sulfonamides is 1. The molecule has 0 saturated heterocycles. The van der Waals surface area contributed by atoms with Gasteiger partial charge in [-0.15, -0.1) is 0 Å². The predicted octanol–water partition coefficient (Wildman–Crippen LogP) is 0.960. The lowest BCUT2D eigenvalue weighted by Crippen LogP contribution is -2.37. The molecule has 0 aromatic heterocycles. The molecule has 0 unspecified atom stereocenters. The highest BCUT2D eigenvalue weighted by Gasteiger charge is 2.31. The molecule has 8 nitrogen and oxygen atoms in total. The number of hydrogen-bond acceptors (Lipinski definition) is 6. The minimum atomic E-state index is -3.81. The number of nitrogens with one attached hydrogen (secondary N) is 2. The second kappa shape index (κ2) is 7.24. The number of hydrogen-bond donors (Lipinski definition) is 2. The van der Waals surface area contributed by atoms with E-state index in [1.165, 1.54) is 32.2 Å². The molecule has 0 radical (unpaired) electrons. The normalized spacial score (nSPS) is 18.1. The maximum Gasteiger partial charge on any atom is 0.338 e. The maximum atomic E-state index is 12.5. The third-order valence-electron chi connectivity index (χ3n) is 4.16. The highest BCUT2D eigenvalue weighted by atomic mass is 32.2. The molecular formula is C17H22N2O6S. The van der Waals surface area contributed by atoms with Gasteiger partial charge in [0.2, 0.25) is 10.0 Å². The quantitative estimate of drug-likeness (QED) is 0.648. The molecule has 0 spiro atoms. The van der Waals surface area contributed by atoms with E-state index in [9.17, 15) is 18.0 Å². The molecule has 0 aliphatic heterocycles. The van der Waals surface area contributed by atoms with Gasteiger partial charge >= 0.3 is 5.97 Å². The van der Waals surface area contributed by atoms with E-state index in [0.717, 1.165) is 25.7 Å². The number of esters is 1. The first-order valence-electron chi connectivity index (χ1n) is 8.52. The van der Waals surface area contributed by atoms with Gasteiger partial charge in [0, 0.05) is 12.1 Å². The van der Waals surface area contributed by atoms with Gasteiger partial charge in [-0.2, -0.15) is 0 Å². The van der Waals surface area contributed by atoms with Crippen molar-refractivity contribution in [2.45, 2.75) is 55.7 Å². The van der Waals surface area contributed by atoms with E-state index >= 15 is 0 Å². The Morgan fingerprint density at radius 1 is 1.15 bits per heavy atom. The summed E-state index contributed by atoms with van der Waals surface area (Å²) in [5, 5.41) is 2.75. The molecule has 2 aliphatic rings. The number of carbonyl (C=O) groups excluding carboxylic acids is 2. The average Bonchev–Trinajstić information content (AvgIpc) is 3.51. The van der Waals surface area contributed by atoms with Gasteiger partial charge in [0.25, 0.3) is 5.91 Å². The van der Waals surface area contributed by atoms with Gasteiger partial charge in [-0.25, -0.2) is 17.9 Å². The van der Waals surface area contributed by atoms with Gasteiger partial charge < -0.3 is 14.8 Å². The summed E-state index contributed by atoms with van der Waals surface area (Å²) >= 11 is 0. The highest BCUT2D eigenvalue weighted by Crippen LogP contribution is 2.28. The summed E-state index contributed by atoms with van der Waals surface area (Å²) in [6.45, 7) is 1.48. The summed E-state index contributed by atoms with van der Waals surface area (Å²) in [6.07, 6.45) is 2.48. The van der Waals surface area contributed by atoms with Crippen molar-refractivity contribution < 1.29 is 27.5 Å². The highest BCUT2D eigenvalue weighted by molar-refractivity contribution is 7.89. The van der Waals surface area contributed by atoms with Crippen LogP contribution in [0.2, 0.25) is 0 Å². The van der Waals surface area contributed by atoms with E-state index in [-0.39, 0.29) is 34.2 Å². The van der Waals surface area contributed by atoms with Crippen LogP contribution >= 0.6 is 0 Å². The molecule has 2 saturated carbocycles. The van der Waals surface area contributed by atoms with Crippen LogP contribution in [0.15, 0.2) is 23.1 Å². The second-order valence-electron chi connectivity index (χ2n) is 6.59. The molecule has 3 rings (SSSR count). The van der Waals surface area contributed by atoms with Crippen LogP contribution in [0.25, 0.3) is 0 Å². The number of benzene rings is 1. The number of amides is 1. The Morgan fingerprint density at radius 2 is 1.81 bits per heavy atom. The van der Waals surface area contributed by atoms with Crippen molar-refractivity contribution in [1.29, 1.82) is 0 Å². The molecule has 0 bridgehead atoms. The second-order valence-corrected chi connectivity index (χ2v) is 8.27. The zero-order valence-electron chi connectivity index (χ0n) is 14.7. The van der Waals surface area contributed by atoms with Crippen molar-refractivity contribution in [2.75, 3.05) is 7.11 Å². The fraction of sp³-hybridized carbons (Fsp3) is 0.529. The number of rotatable bonds is 8. The predicted molar refractivity (Wildman–Crippen MR) is 92.4 cm³/mol. The first-order chi connectivity index (χ1) is 12.3. The summed E-state index contributed by atoms with van der Waals surface area (Å²) in [6, 6.07) is 4.09. The van der Waals surface area contributed by atoms with Crippen molar-refractivity contribution in [1.82, 2.24) is 10.0 Å². The van der Waals surface area contributed by atoms with Gasteiger partial charge in [-0.05, 0) is 50.8 Å². The topological polar surface area (TPSA) is 111 Å². The number of carbonyl (C=O) groups is 2. The monoisotopic (exact) mass is 382 g/mol. The van der Waals surface area contributed by atoms with Crippen LogP contribution in [0.3, 0.4) is 0 Å². The Labute approximate surface area is 152 Å². The molecule has 9 heteroatoms. The molecule has 1 aromatic rings. The zero-order valence-corrected chi connectivity index (χ0v) is 15.5. The third-order valence-corrected chi connectivity index (χ3v) is 5.71. The van der Waals surface area contributed by atoms with Gasteiger partial charge in [0.1, 0.15) is 10.6 Å². The van der Waals surface area contributed by atoms with E-state index < -0.39 is 22.1 Å². The first kappa shape index (κ1) is 18.7. The summed E-state index contributed by atoms with van der Waals surface area (Å²) < 4.78 is 37.8. The third kappa shape index (κ3) is 4.53. The van der Waals surface area contributed by atoms with Crippen LogP contribution in [-0.4, -0.2) is 45.6 Å². The lowest BCUT2D eigenvalue weighted by molar-refractivity contribution is -0.129. The maximum absolute atomic E-state index is 12.5. The molecule has 1 atom stereocenters. The fourth-order valence-electron chi connectivity index (χ4n) is 2.33. The van der Waals surface area contributed by atoms with Crippen LogP contribution in [-0.2, 0) is 19.6 Å². The Hall–Kier alpha value is -2.13. The molecule has 2 N–H and O–H groups in total. The lowest BCUT2D eigenvalue weighted by Gasteiger charge is -2.15. The Bertz CT molecular complexity index is 815. The smallest absolute Gasteiger partial charge is 0.338 e. The van der Waals surface area contributed by atoms with E-state index in [1.807, 2.05) is 0 Å². The van der Waals surface area contributed by atoms with Crippen LogP contribution < -0.4 is 14.8 Å². The summed E-state index contributed by atoms with van der Waals surface area (Å²) in [4.78, 5) is 24.1. The minimum Gasteiger partial charge on any atom is -0.495 e. The van der Waals surface area contributed by atoms with Gasteiger partial charge in [-0.1, -0.05) is 0 Å². The van der Waals surface area contributed by atoms with Crippen LogP contribution in [0.4, 0.5) is 0 Å².